The summed E-state index contributed by atoms with van der Waals surface area (Å²) in [6.45, 7) is 6.98. The molecule has 84 valence electrons. The second-order valence-electron chi connectivity index (χ2n) is 3.41. The maximum atomic E-state index is 3.86. The van der Waals surface area contributed by atoms with E-state index in [9.17, 15) is 0 Å². The first-order valence-electron chi connectivity index (χ1n) is 5.13. The van der Waals surface area contributed by atoms with Crippen molar-refractivity contribution in [2.24, 2.45) is 9.98 Å². The van der Waals surface area contributed by atoms with E-state index in [4.69, 9.17) is 0 Å². The first kappa shape index (κ1) is 11.6. The molecule has 0 fully saturated rings. The van der Waals surface area contributed by atoms with E-state index in [0.717, 1.165) is 11.4 Å². The SMILES string of the molecule is C=Nc1ccc(Sc2ccc(N=C)cc2)cc1. The molecule has 2 nitrogen and oxygen atoms in total. The molecule has 0 aliphatic heterocycles. The zero-order chi connectivity index (χ0) is 12.1. The van der Waals surface area contributed by atoms with Crippen LogP contribution in [0.3, 0.4) is 0 Å². The minimum atomic E-state index is 0.889. The molecule has 2 aromatic carbocycles. The van der Waals surface area contributed by atoms with E-state index < -0.39 is 0 Å². The molecule has 0 aliphatic carbocycles. The average molecular weight is 240 g/mol. The third-order valence-corrected chi connectivity index (χ3v) is 3.29. The topological polar surface area (TPSA) is 24.7 Å². The molecule has 0 saturated heterocycles. The smallest absolute Gasteiger partial charge is 0.0623 e. The minimum Gasteiger partial charge on any atom is -0.265 e. The lowest BCUT2D eigenvalue weighted by Gasteiger charge is -2.02. The molecular formula is C14H12N2S. The van der Waals surface area contributed by atoms with E-state index >= 15 is 0 Å². The normalized spacial score (nSPS) is 9.88. The number of nitrogens with zero attached hydrogens (tertiary/aromatic N) is 2. The van der Waals surface area contributed by atoms with Gasteiger partial charge in [-0.2, -0.15) is 0 Å². The Labute approximate surface area is 105 Å². The van der Waals surface area contributed by atoms with Crippen molar-refractivity contribution in [2.45, 2.75) is 9.79 Å². The fourth-order valence-corrected chi connectivity index (χ4v) is 2.19. The monoisotopic (exact) mass is 240 g/mol. The van der Waals surface area contributed by atoms with Crippen molar-refractivity contribution in [2.75, 3.05) is 0 Å². The van der Waals surface area contributed by atoms with Crippen LogP contribution in [0.4, 0.5) is 11.4 Å². The van der Waals surface area contributed by atoms with Gasteiger partial charge in [0.25, 0.3) is 0 Å². The van der Waals surface area contributed by atoms with Gasteiger partial charge in [0, 0.05) is 9.79 Å². The largest absolute Gasteiger partial charge is 0.265 e. The fourth-order valence-electron chi connectivity index (χ4n) is 1.38. The Morgan fingerprint density at radius 3 is 1.29 bits per heavy atom. The molecule has 0 N–H and O–H groups in total. The molecule has 17 heavy (non-hydrogen) atoms. The Balaban J connectivity index is 2.13. The molecule has 0 saturated carbocycles. The molecule has 2 rings (SSSR count). The van der Waals surface area contributed by atoms with Crippen molar-refractivity contribution < 1.29 is 0 Å². The van der Waals surface area contributed by atoms with Crippen LogP contribution in [-0.2, 0) is 0 Å². The van der Waals surface area contributed by atoms with Crippen LogP contribution in [0.15, 0.2) is 68.3 Å². The van der Waals surface area contributed by atoms with Crippen LogP contribution in [0.5, 0.6) is 0 Å². The average Bonchev–Trinajstić information content (AvgIpc) is 2.40. The fraction of sp³-hybridized carbons (Fsp3) is 0. The van der Waals surface area contributed by atoms with Crippen molar-refractivity contribution in [1.82, 2.24) is 0 Å². The number of hydrogen-bond acceptors (Lipinski definition) is 3. The second kappa shape index (κ2) is 5.46. The van der Waals surface area contributed by atoms with E-state index in [-0.39, 0.29) is 0 Å². The summed E-state index contributed by atoms with van der Waals surface area (Å²) in [5.74, 6) is 0. The van der Waals surface area contributed by atoms with E-state index in [2.05, 4.69) is 23.4 Å². The molecular weight excluding hydrogens is 228 g/mol. The van der Waals surface area contributed by atoms with Crippen molar-refractivity contribution >= 4 is 36.6 Å². The van der Waals surface area contributed by atoms with Gasteiger partial charge in [-0.3, -0.25) is 9.98 Å². The van der Waals surface area contributed by atoms with E-state index in [1.54, 1.807) is 11.8 Å². The predicted octanol–water partition coefficient (Wildman–Crippen LogP) is 4.50. The van der Waals surface area contributed by atoms with Gasteiger partial charge in [0.15, 0.2) is 0 Å². The Bertz CT molecular complexity index is 465. The van der Waals surface area contributed by atoms with Crippen LogP contribution in [0.2, 0.25) is 0 Å². The number of rotatable bonds is 4. The zero-order valence-electron chi connectivity index (χ0n) is 9.34. The number of benzene rings is 2. The predicted molar refractivity (Wildman–Crippen MR) is 75.4 cm³/mol. The first-order chi connectivity index (χ1) is 8.31. The third-order valence-electron chi connectivity index (χ3n) is 2.27. The molecule has 0 radical (unpaired) electrons. The van der Waals surface area contributed by atoms with Gasteiger partial charge < -0.3 is 0 Å². The van der Waals surface area contributed by atoms with Crippen LogP contribution in [-0.4, -0.2) is 13.4 Å². The summed E-state index contributed by atoms with van der Waals surface area (Å²) in [6.07, 6.45) is 0. The standard InChI is InChI=1S/C14H12N2S/c1-15-11-3-7-13(8-4-11)17-14-9-5-12(16-2)6-10-14/h3-10H,1-2H2. The summed E-state index contributed by atoms with van der Waals surface area (Å²) in [5, 5.41) is 0. The summed E-state index contributed by atoms with van der Waals surface area (Å²) >= 11 is 1.70. The maximum absolute atomic E-state index is 3.86. The second-order valence-corrected chi connectivity index (χ2v) is 4.55. The molecule has 0 aromatic heterocycles. The molecule has 0 amide bonds. The molecule has 2 aromatic rings. The van der Waals surface area contributed by atoms with Crippen molar-refractivity contribution in [1.29, 1.82) is 0 Å². The van der Waals surface area contributed by atoms with E-state index in [1.807, 2.05) is 48.5 Å². The first-order valence-corrected chi connectivity index (χ1v) is 5.95. The number of hydrogen-bond donors (Lipinski definition) is 0. The van der Waals surface area contributed by atoms with Crippen molar-refractivity contribution in [3.05, 3.63) is 48.5 Å². The zero-order valence-corrected chi connectivity index (χ0v) is 10.2. The van der Waals surface area contributed by atoms with E-state index in [0.29, 0.717) is 0 Å². The molecule has 0 spiro atoms. The highest BCUT2D eigenvalue weighted by molar-refractivity contribution is 7.99. The van der Waals surface area contributed by atoms with Gasteiger partial charge >= 0.3 is 0 Å². The van der Waals surface area contributed by atoms with Crippen LogP contribution >= 0.6 is 11.8 Å². The molecule has 0 aliphatic rings. The quantitative estimate of drug-likeness (QED) is 0.722. The van der Waals surface area contributed by atoms with Crippen LogP contribution < -0.4 is 0 Å². The Morgan fingerprint density at radius 1 is 0.647 bits per heavy atom. The Morgan fingerprint density at radius 2 is 1.00 bits per heavy atom. The van der Waals surface area contributed by atoms with Gasteiger partial charge in [-0.1, -0.05) is 11.8 Å². The number of aliphatic imine (C=N–C) groups is 2. The van der Waals surface area contributed by atoms with Crippen LogP contribution in [0.1, 0.15) is 0 Å². The van der Waals surface area contributed by atoms with Gasteiger partial charge in [-0.15, -0.1) is 0 Å². The summed E-state index contributed by atoms with van der Waals surface area (Å²) in [6, 6.07) is 16.0. The molecule has 0 heterocycles. The minimum absolute atomic E-state index is 0.889. The summed E-state index contributed by atoms with van der Waals surface area (Å²) in [7, 11) is 0. The summed E-state index contributed by atoms with van der Waals surface area (Å²) in [5.41, 5.74) is 1.78. The highest BCUT2D eigenvalue weighted by Crippen LogP contribution is 2.30. The van der Waals surface area contributed by atoms with Gasteiger partial charge in [-0.05, 0) is 62.0 Å². The lowest BCUT2D eigenvalue weighted by molar-refractivity contribution is 1.38. The van der Waals surface area contributed by atoms with Crippen molar-refractivity contribution in [3.63, 3.8) is 0 Å². The molecule has 0 unspecified atom stereocenters. The third kappa shape index (κ3) is 3.04. The van der Waals surface area contributed by atoms with Gasteiger partial charge in [0.05, 0.1) is 11.4 Å². The van der Waals surface area contributed by atoms with Crippen molar-refractivity contribution in [3.8, 4) is 0 Å². The van der Waals surface area contributed by atoms with Crippen LogP contribution in [0.25, 0.3) is 0 Å². The van der Waals surface area contributed by atoms with Crippen LogP contribution in [0, 0.1) is 0 Å². The van der Waals surface area contributed by atoms with Gasteiger partial charge in [0.2, 0.25) is 0 Å². The highest BCUT2D eigenvalue weighted by Gasteiger charge is 1.97. The Hall–Kier alpha value is -1.87. The lowest BCUT2D eigenvalue weighted by Crippen LogP contribution is -1.73. The molecule has 0 bridgehead atoms. The molecule has 0 atom stereocenters. The highest BCUT2D eigenvalue weighted by atomic mass is 32.2. The summed E-state index contributed by atoms with van der Waals surface area (Å²) in [4.78, 5) is 10.1. The van der Waals surface area contributed by atoms with Gasteiger partial charge in [-0.25, -0.2) is 0 Å². The summed E-state index contributed by atoms with van der Waals surface area (Å²) < 4.78 is 0. The Kier molecular flexibility index (Phi) is 3.73. The van der Waals surface area contributed by atoms with Gasteiger partial charge in [0.1, 0.15) is 0 Å². The molecule has 3 heteroatoms. The van der Waals surface area contributed by atoms with E-state index in [1.165, 1.54) is 9.79 Å². The lowest BCUT2D eigenvalue weighted by atomic mass is 10.3. The maximum Gasteiger partial charge on any atom is 0.0623 e.